The fraction of sp³-hybridized carbons (Fsp3) is 0.333. The van der Waals surface area contributed by atoms with Gasteiger partial charge in [-0.15, -0.1) is 5.10 Å². The van der Waals surface area contributed by atoms with Crippen molar-refractivity contribution >= 4 is 33.7 Å². The molecule has 2 aromatic heterocycles. The number of amides is 2. The first-order chi connectivity index (χ1) is 21.0. The zero-order valence-corrected chi connectivity index (χ0v) is 25.5. The predicted molar refractivity (Wildman–Crippen MR) is 164 cm³/mol. The molecule has 0 aliphatic rings. The summed E-state index contributed by atoms with van der Waals surface area (Å²) < 4.78 is 35.6. The maximum absolute atomic E-state index is 12.7. The summed E-state index contributed by atoms with van der Waals surface area (Å²) in [6.07, 6.45) is 2.91. The summed E-state index contributed by atoms with van der Waals surface area (Å²) in [5.41, 5.74) is 8.07. The van der Waals surface area contributed by atoms with Gasteiger partial charge in [-0.2, -0.15) is 0 Å². The second-order valence-corrected chi connectivity index (χ2v) is 12.9. The molecule has 232 valence electrons. The highest BCUT2D eigenvalue weighted by molar-refractivity contribution is 7.92. The number of sulfone groups is 1. The Labute approximate surface area is 255 Å². The van der Waals surface area contributed by atoms with Crippen LogP contribution in [0.4, 0.5) is 16.6 Å². The number of ether oxygens (including phenoxy) is 1. The lowest BCUT2D eigenvalue weighted by molar-refractivity contribution is -0.119. The quantitative estimate of drug-likeness (QED) is 0.176. The van der Waals surface area contributed by atoms with Crippen LogP contribution in [-0.2, 0) is 26.0 Å². The Morgan fingerprint density at radius 1 is 1.00 bits per heavy atom. The average molecular weight is 622 g/mol. The summed E-state index contributed by atoms with van der Waals surface area (Å²) in [6, 6.07) is 15.6. The average Bonchev–Trinajstić information content (AvgIpc) is 3.48. The number of unbranched alkanes of at least 4 members (excludes halogenated alkanes) is 1. The normalized spacial score (nSPS) is 12.1. The number of alkyl carbamates (subject to hydrolysis) is 1. The smallest absolute Gasteiger partial charge is 0.407 e. The Hall–Kier alpha value is -4.85. The Kier molecular flexibility index (Phi) is 10.6. The molecule has 0 spiro atoms. The van der Waals surface area contributed by atoms with Crippen LogP contribution in [0.15, 0.2) is 70.1 Å². The zero-order chi connectivity index (χ0) is 31.7. The molecule has 2 heterocycles. The van der Waals surface area contributed by atoms with Crippen LogP contribution in [0, 0.1) is 5.92 Å². The molecule has 0 saturated heterocycles. The Morgan fingerprint density at radius 2 is 1.73 bits per heavy atom. The minimum atomic E-state index is -3.41. The number of benzene rings is 2. The molecule has 1 atom stereocenters. The molecule has 4 aromatic rings. The molecule has 4 N–H and O–H groups in total. The van der Waals surface area contributed by atoms with E-state index in [1.165, 1.54) is 18.3 Å². The van der Waals surface area contributed by atoms with E-state index in [9.17, 15) is 18.0 Å². The molecule has 0 radical (unpaired) electrons. The van der Waals surface area contributed by atoms with Crippen LogP contribution in [0.2, 0.25) is 0 Å². The molecule has 0 bridgehead atoms. The molecule has 14 heteroatoms. The van der Waals surface area contributed by atoms with E-state index in [1.54, 1.807) is 32.9 Å². The van der Waals surface area contributed by atoms with Crippen molar-refractivity contribution in [1.82, 2.24) is 25.5 Å². The molecule has 2 amide bonds. The molecule has 44 heavy (non-hydrogen) atoms. The molecule has 0 aliphatic heterocycles. The minimum Gasteiger partial charge on any atom is -0.445 e. The second-order valence-electron chi connectivity index (χ2n) is 10.4. The molecule has 13 nitrogen and oxygen atoms in total. The van der Waals surface area contributed by atoms with Crippen molar-refractivity contribution < 1.29 is 27.2 Å². The maximum atomic E-state index is 12.7. The number of hydrogen-bond donors (Lipinski definition) is 3. The molecule has 0 fully saturated rings. The van der Waals surface area contributed by atoms with E-state index >= 15 is 0 Å². The summed E-state index contributed by atoms with van der Waals surface area (Å²) >= 11 is 0. The largest absolute Gasteiger partial charge is 0.445 e. The first-order valence-electron chi connectivity index (χ1n) is 14.1. The van der Waals surface area contributed by atoms with Gasteiger partial charge in [0.1, 0.15) is 6.61 Å². The van der Waals surface area contributed by atoms with E-state index in [-0.39, 0.29) is 46.7 Å². The first-order valence-corrected chi connectivity index (χ1v) is 15.7. The van der Waals surface area contributed by atoms with Gasteiger partial charge in [-0.25, -0.2) is 23.2 Å². The number of rotatable bonds is 13. The number of hydrogen-bond acceptors (Lipinski definition) is 11. The minimum absolute atomic E-state index is 0.0379. The van der Waals surface area contributed by atoms with Crippen LogP contribution in [-0.4, -0.2) is 52.4 Å². The van der Waals surface area contributed by atoms with Crippen LogP contribution in [0.5, 0.6) is 0 Å². The second kappa shape index (κ2) is 14.6. The van der Waals surface area contributed by atoms with Gasteiger partial charge in [-0.05, 0) is 44.4 Å². The molecule has 0 saturated carbocycles. The summed E-state index contributed by atoms with van der Waals surface area (Å²) in [6.45, 7) is 5.65. The van der Waals surface area contributed by atoms with E-state index < -0.39 is 21.2 Å². The Balaban J connectivity index is 1.26. The number of carbonyl (C=O) groups excluding carboxylic acids is 2. The van der Waals surface area contributed by atoms with Crippen molar-refractivity contribution in [3.8, 4) is 22.8 Å². The van der Waals surface area contributed by atoms with Gasteiger partial charge < -0.3 is 20.2 Å². The third kappa shape index (κ3) is 8.37. The van der Waals surface area contributed by atoms with Gasteiger partial charge in [0, 0.05) is 18.0 Å². The molecule has 4 rings (SSSR count). The van der Waals surface area contributed by atoms with E-state index in [1.807, 2.05) is 30.3 Å². The lowest BCUT2D eigenvalue weighted by Crippen LogP contribution is -2.25. The van der Waals surface area contributed by atoms with Gasteiger partial charge in [-0.1, -0.05) is 60.9 Å². The van der Waals surface area contributed by atoms with E-state index in [4.69, 9.17) is 14.9 Å². The number of nitrogens with two attached hydrogens (primary N) is 1. The highest BCUT2D eigenvalue weighted by atomic mass is 32.2. The van der Waals surface area contributed by atoms with Gasteiger partial charge in [0.15, 0.2) is 21.3 Å². The van der Waals surface area contributed by atoms with Gasteiger partial charge in [0.05, 0.1) is 22.0 Å². The van der Waals surface area contributed by atoms with Gasteiger partial charge in [-0.3, -0.25) is 10.1 Å². The molecule has 0 unspecified atom stereocenters. The Bertz CT molecular complexity index is 1680. The van der Waals surface area contributed by atoms with Gasteiger partial charge in [0.2, 0.25) is 5.91 Å². The van der Waals surface area contributed by atoms with Crippen molar-refractivity contribution in [3.63, 3.8) is 0 Å². The van der Waals surface area contributed by atoms with Crippen molar-refractivity contribution in [2.24, 2.45) is 5.92 Å². The van der Waals surface area contributed by atoms with Crippen LogP contribution < -0.4 is 16.4 Å². The lowest BCUT2D eigenvalue weighted by Gasteiger charge is -2.10. The fourth-order valence-electron chi connectivity index (χ4n) is 4.05. The number of nitrogens with one attached hydrogen (secondary N) is 2. The lowest BCUT2D eigenvalue weighted by atomic mass is 10.0. The van der Waals surface area contributed by atoms with Crippen molar-refractivity contribution in [2.45, 2.75) is 56.8 Å². The summed E-state index contributed by atoms with van der Waals surface area (Å²) in [4.78, 5) is 33.4. The standard InChI is InChI=1S/C30H35N7O6S/c1-19(2)44(40,41)23-14-12-22(13-15-23)24-17-33-26(31)25(34-24)28-36-37-29(43-28)35-27(38)20(3)9-7-8-16-32-30(39)42-18-21-10-5-4-6-11-21/h4-6,10-15,17,19-20H,7-9,16,18H2,1-3H3,(H2,31,33)(H,32,39)(H,35,37,38)/t20-/m0/s1. The zero-order valence-electron chi connectivity index (χ0n) is 24.7. The SMILES string of the molecule is CC(C)S(=O)(=O)c1ccc(-c2cnc(N)c(-c3nnc(NC(=O)[C@@H](C)CCCCNC(=O)OCc4ccccc4)o3)n2)cc1. The number of carbonyl (C=O) groups is 2. The number of anilines is 2. The maximum Gasteiger partial charge on any atom is 0.407 e. The van der Waals surface area contributed by atoms with Gasteiger partial charge >= 0.3 is 12.1 Å². The highest BCUT2D eigenvalue weighted by Crippen LogP contribution is 2.27. The monoisotopic (exact) mass is 621 g/mol. The third-order valence-electron chi connectivity index (χ3n) is 6.75. The van der Waals surface area contributed by atoms with E-state index in [0.717, 1.165) is 5.56 Å². The third-order valence-corrected chi connectivity index (χ3v) is 8.92. The molecular formula is C30H35N7O6S. The topological polar surface area (TPSA) is 192 Å². The van der Waals surface area contributed by atoms with E-state index in [0.29, 0.717) is 37.1 Å². The van der Waals surface area contributed by atoms with Crippen molar-refractivity contribution in [2.75, 3.05) is 17.6 Å². The van der Waals surface area contributed by atoms with Crippen LogP contribution in [0.25, 0.3) is 22.8 Å². The number of nitrogen functional groups attached to an aromatic ring is 1. The number of nitrogens with zero attached hydrogens (tertiary/aromatic N) is 4. The van der Waals surface area contributed by atoms with Gasteiger partial charge in [0.25, 0.3) is 5.89 Å². The van der Waals surface area contributed by atoms with Crippen LogP contribution in [0.3, 0.4) is 0 Å². The summed E-state index contributed by atoms with van der Waals surface area (Å²) in [7, 11) is -3.41. The predicted octanol–water partition coefficient (Wildman–Crippen LogP) is 4.63. The van der Waals surface area contributed by atoms with Crippen molar-refractivity contribution in [1.29, 1.82) is 0 Å². The molecule has 2 aromatic carbocycles. The summed E-state index contributed by atoms with van der Waals surface area (Å²) in [5.74, 6) is -0.657. The van der Waals surface area contributed by atoms with E-state index in [2.05, 4.69) is 30.8 Å². The fourth-order valence-corrected chi connectivity index (χ4v) is 5.11. The van der Waals surface area contributed by atoms with Crippen LogP contribution >= 0.6 is 0 Å². The Morgan fingerprint density at radius 3 is 2.43 bits per heavy atom. The molecular weight excluding hydrogens is 586 g/mol. The van der Waals surface area contributed by atoms with Crippen molar-refractivity contribution in [3.05, 3.63) is 66.4 Å². The highest BCUT2D eigenvalue weighted by Gasteiger charge is 2.21. The molecule has 0 aliphatic carbocycles. The van der Waals surface area contributed by atoms with Crippen LogP contribution in [0.1, 0.15) is 45.6 Å². The first kappa shape index (κ1) is 32.1. The number of aromatic nitrogens is 4. The summed E-state index contributed by atoms with van der Waals surface area (Å²) in [5, 5.41) is 12.6.